The molecule has 1 saturated heterocycles. The fourth-order valence-corrected chi connectivity index (χ4v) is 2.70. The van der Waals surface area contributed by atoms with E-state index in [-0.39, 0.29) is 18.2 Å². The molecule has 2 amide bonds. The monoisotopic (exact) mass is 293 g/mol. The molecule has 106 valence electrons. The normalized spacial score (nSPS) is 19.8. The highest BCUT2D eigenvalue weighted by Crippen LogP contribution is 2.25. The number of ether oxygens (including phenoxy) is 1. The molecule has 2 rings (SSSR count). The number of thioether (sulfide) groups is 1. The molecule has 0 bridgehead atoms. The van der Waals surface area contributed by atoms with E-state index in [1.54, 1.807) is 25.2 Å². The lowest BCUT2D eigenvalue weighted by Gasteiger charge is -2.10. The number of carbonyl (C=O) groups excluding carboxylic acids is 2. The Bertz CT molecular complexity index is 560. The maximum Gasteiger partial charge on any atom is 0.240 e. The number of nitrogens with one attached hydrogen (secondary N) is 2. The molecule has 2 N–H and O–H groups in total. The standard InChI is InChI=1S/C13H15N3O3S/c1-14-13-16-12(18)10(20-13)7-11(17)15-8-5-3-4-6-9(8)19-2/h3-6,10H,7H2,1-2H3,(H,15,17)(H,14,16,18)/t10-/m0/s1. The molecule has 1 aliphatic rings. The maximum atomic E-state index is 12.0. The zero-order valence-corrected chi connectivity index (χ0v) is 12.0. The van der Waals surface area contributed by atoms with Gasteiger partial charge in [0.25, 0.3) is 0 Å². The van der Waals surface area contributed by atoms with E-state index in [4.69, 9.17) is 4.74 Å². The van der Waals surface area contributed by atoms with Gasteiger partial charge in [0.15, 0.2) is 5.17 Å². The number of amidine groups is 1. The fourth-order valence-electron chi connectivity index (χ4n) is 1.76. The Hall–Kier alpha value is -2.02. The van der Waals surface area contributed by atoms with Crippen molar-refractivity contribution in [2.24, 2.45) is 4.99 Å². The highest BCUT2D eigenvalue weighted by Gasteiger charge is 2.31. The van der Waals surface area contributed by atoms with Crippen molar-refractivity contribution in [1.82, 2.24) is 5.32 Å². The second kappa shape index (κ2) is 6.42. The molecule has 0 spiro atoms. The minimum Gasteiger partial charge on any atom is -0.495 e. The molecular formula is C13H15N3O3S. The smallest absolute Gasteiger partial charge is 0.240 e. The van der Waals surface area contributed by atoms with Crippen LogP contribution in [0.1, 0.15) is 6.42 Å². The van der Waals surface area contributed by atoms with E-state index < -0.39 is 5.25 Å². The Morgan fingerprint density at radius 2 is 2.25 bits per heavy atom. The number of amides is 2. The maximum absolute atomic E-state index is 12.0. The van der Waals surface area contributed by atoms with Gasteiger partial charge in [-0.3, -0.25) is 14.6 Å². The molecule has 20 heavy (non-hydrogen) atoms. The van der Waals surface area contributed by atoms with Gasteiger partial charge in [-0.15, -0.1) is 0 Å². The van der Waals surface area contributed by atoms with Crippen LogP contribution < -0.4 is 15.4 Å². The summed E-state index contributed by atoms with van der Waals surface area (Å²) in [5.74, 6) is 0.158. The Morgan fingerprint density at radius 1 is 1.50 bits per heavy atom. The van der Waals surface area contributed by atoms with Crippen molar-refractivity contribution in [3.63, 3.8) is 0 Å². The molecule has 0 aliphatic carbocycles. The molecule has 1 fully saturated rings. The third kappa shape index (κ3) is 3.30. The molecule has 0 saturated carbocycles. The van der Waals surface area contributed by atoms with E-state index >= 15 is 0 Å². The Kier molecular flexibility index (Phi) is 4.62. The van der Waals surface area contributed by atoms with Crippen LogP contribution in [0.4, 0.5) is 5.69 Å². The number of rotatable bonds is 4. The Balaban J connectivity index is 1.98. The first-order valence-corrected chi connectivity index (χ1v) is 6.89. The SMILES string of the molecule is CN=C1NC(=O)[C@H](CC(=O)Nc2ccccc2OC)S1. The van der Waals surface area contributed by atoms with Gasteiger partial charge in [0.1, 0.15) is 11.0 Å². The fraction of sp³-hybridized carbons (Fsp3) is 0.308. The summed E-state index contributed by atoms with van der Waals surface area (Å²) in [6, 6.07) is 7.13. The molecule has 1 aromatic carbocycles. The number of methoxy groups -OCH3 is 1. The summed E-state index contributed by atoms with van der Waals surface area (Å²) in [7, 11) is 3.13. The minimum atomic E-state index is -0.441. The first-order chi connectivity index (χ1) is 9.63. The number of carbonyl (C=O) groups is 2. The average molecular weight is 293 g/mol. The van der Waals surface area contributed by atoms with Crippen LogP contribution in [0, 0.1) is 0 Å². The van der Waals surface area contributed by atoms with Gasteiger partial charge in [0.05, 0.1) is 12.8 Å². The third-order valence-electron chi connectivity index (χ3n) is 2.73. The van der Waals surface area contributed by atoms with Crippen LogP contribution in [0.25, 0.3) is 0 Å². The van der Waals surface area contributed by atoms with E-state index in [0.717, 1.165) is 0 Å². The first-order valence-electron chi connectivity index (χ1n) is 6.01. The van der Waals surface area contributed by atoms with Gasteiger partial charge in [-0.2, -0.15) is 0 Å². The van der Waals surface area contributed by atoms with Crippen LogP contribution >= 0.6 is 11.8 Å². The van der Waals surface area contributed by atoms with E-state index in [1.807, 2.05) is 6.07 Å². The molecule has 0 aromatic heterocycles. The van der Waals surface area contributed by atoms with Crippen molar-refractivity contribution in [1.29, 1.82) is 0 Å². The quantitative estimate of drug-likeness (QED) is 0.875. The lowest BCUT2D eigenvalue weighted by atomic mass is 10.2. The van der Waals surface area contributed by atoms with E-state index in [9.17, 15) is 9.59 Å². The summed E-state index contributed by atoms with van der Waals surface area (Å²) in [5, 5.41) is 5.46. The van der Waals surface area contributed by atoms with Crippen LogP contribution in [-0.4, -0.2) is 36.4 Å². The number of anilines is 1. The highest BCUT2D eigenvalue weighted by atomic mass is 32.2. The molecule has 6 nitrogen and oxygen atoms in total. The molecule has 7 heteroatoms. The predicted molar refractivity (Wildman–Crippen MR) is 79.1 cm³/mol. The second-order valence-corrected chi connectivity index (χ2v) is 5.27. The molecule has 0 radical (unpaired) electrons. The molecular weight excluding hydrogens is 278 g/mol. The van der Waals surface area contributed by atoms with E-state index in [1.165, 1.54) is 18.9 Å². The van der Waals surface area contributed by atoms with Gasteiger partial charge >= 0.3 is 0 Å². The number of para-hydroxylation sites is 2. The molecule has 1 aromatic rings. The highest BCUT2D eigenvalue weighted by molar-refractivity contribution is 8.15. The van der Waals surface area contributed by atoms with E-state index in [2.05, 4.69) is 15.6 Å². The zero-order valence-electron chi connectivity index (χ0n) is 11.2. The lowest BCUT2D eigenvalue weighted by molar-refractivity contribution is -0.122. The second-order valence-electron chi connectivity index (χ2n) is 4.08. The number of nitrogens with zero attached hydrogens (tertiary/aromatic N) is 1. The number of aliphatic imine (C=N–C) groups is 1. The van der Waals surface area contributed by atoms with Gasteiger partial charge in [0, 0.05) is 13.5 Å². The summed E-state index contributed by atoms with van der Waals surface area (Å²) >= 11 is 1.26. The number of hydrogen-bond donors (Lipinski definition) is 2. The van der Waals surface area contributed by atoms with Gasteiger partial charge in [0.2, 0.25) is 11.8 Å². The molecule has 0 unspecified atom stereocenters. The van der Waals surface area contributed by atoms with Crippen molar-refractivity contribution in [3.8, 4) is 5.75 Å². The molecule has 1 aliphatic heterocycles. The Labute approximate surface area is 121 Å². The molecule has 1 atom stereocenters. The Morgan fingerprint density at radius 3 is 2.90 bits per heavy atom. The van der Waals surface area contributed by atoms with Gasteiger partial charge in [-0.05, 0) is 12.1 Å². The topological polar surface area (TPSA) is 79.8 Å². The van der Waals surface area contributed by atoms with Crippen molar-refractivity contribution >= 4 is 34.4 Å². The van der Waals surface area contributed by atoms with Crippen LogP contribution in [0.2, 0.25) is 0 Å². The minimum absolute atomic E-state index is 0.0908. The summed E-state index contributed by atoms with van der Waals surface area (Å²) in [6.45, 7) is 0. The molecule has 1 heterocycles. The summed E-state index contributed by atoms with van der Waals surface area (Å²) in [5.41, 5.74) is 0.591. The van der Waals surface area contributed by atoms with Crippen LogP contribution in [0.3, 0.4) is 0 Å². The van der Waals surface area contributed by atoms with Crippen molar-refractivity contribution in [3.05, 3.63) is 24.3 Å². The number of benzene rings is 1. The van der Waals surface area contributed by atoms with Gasteiger partial charge in [-0.25, -0.2) is 0 Å². The third-order valence-corrected chi connectivity index (χ3v) is 3.90. The predicted octanol–water partition coefficient (Wildman–Crippen LogP) is 1.24. The van der Waals surface area contributed by atoms with Gasteiger partial charge < -0.3 is 15.4 Å². The van der Waals surface area contributed by atoms with Crippen molar-refractivity contribution in [2.75, 3.05) is 19.5 Å². The lowest BCUT2D eigenvalue weighted by Crippen LogP contribution is -2.28. The van der Waals surface area contributed by atoms with E-state index in [0.29, 0.717) is 16.6 Å². The summed E-state index contributed by atoms with van der Waals surface area (Å²) in [4.78, 5) is 27.5. The summed E-state index contributed by atoms with van der Waals surface area (Å²) < 4.78 is 5.15. The van der Waals surface area contributed by atoms with Crippen LogP contribution in [-0.2, 0) is 9.59 Å². The van der Waals surface area contributed by atoms with Crippen molar-refractivity contribution < 1.29 is 14.3 Å². The largest absolute Gasteiger partial charge is 0.495 e. The average Bonchev–Trinajstić information content (AvgIpc) is 2.80. The van der Waals surface area contributed by atoms with Crippen LogP contribution in [0.15, 0.2) is 29.3 Å². The first kappa shape index (κ1) is 14.4. The zero-order chi connectivity index (χ0) is 14.5. The number of hydrogen-bond acceptors (Lipinski definition) is 5. The van der Waals surface area contributed by atoms with Crippen molar-refractivity contribution in [2.45, 2.75) is 11.7 Å². The van der Waals surface area contributed by atoms with Gasteiger partial charge in [-0.1, -0.05) is 23.9 Å². The summed E-state index contributed by atoms with van der Waals surface area (Å²) in [6.07, 6.45) is 0.0908. The van der Waals surface area contributed by atoms with Crippen LogP contribution in [0.5, 0.6) is 5.75 Å².